The molecule has 0 aliphatic carbocycles. The first-order valence-electron chi connectivity index (χ1n) is 6.18. The summed E-state index contributed by atoms with van der Waals surface area (Å²) in [6.45, 7) is 4.00. The van der Waals surface area contributed by atoms with Gasteiger partial charge in [0.05, 0.1) is 0 Å². The second kappa shape index (κ2) is 7.11. The van der Waals surface area contributed by atoms with Crippen LogP contribution in [0.3, 0.4) is 0 Å². The maximum absolute atomic E-state index is 12.1. The van der Waals surface area contributed by atoms with E-state index in [2.05, 4.69) is 0 Å². The summed E-state index contributed by atoms with van der Waals surface area (Å²) in [6, 6.07) is 15.3. The number of carbonyl (C=O) groups excluding carboxylic acids is 2. The minimum Gasteiger partial charge on any atom is -0.366 e. The number of rotatable bonds is 3. The van der Waals surface area contributed by atoms with E-state index in [1.54, 1.807) is 42.5 Å². The zero-order chi connectivity index (χ0) is 14.3. The van der Waals surface area contributed by atoms with Crippen molar-refractivity contribution in [3.63, 3.8) is 0 Å². The lowest BCUT2D eigenvalue weighted by atomic mass is 10.0. The molecule has 2 aromatic carbocycles. The van der Waals surface area contributed by atoms with Crippen LogP contribution in [0.5, 0.6) is 0 Å². The summed E-state index contributed by atoms with van der Waals surface area (Å²) in [7, 11) is 0. The van der Waals surface area contributed by atoms with Crippen LogP contribution in [-0.2, 0) is 0 Å². The van der Waals surface area contributed by atoms with Gasteiger partial charge in [-0.1, -0.05) is 56.3 Å². The number of primary amides is 1. The van der Waals surface area contributed by atoms with Gasteiger partial charge in [-0.05, 0) is 12.1 Å². The number of hydrogen-bond donors (Lipinski definition) is 1. The minimum absolute atomic E-state index is 0.117. The SMILES string of the molecule is CC.NC(=O)c1cccc(C(=O)c2ccccc2)c1. The van der Waals surface area contributed by atoms with Gasteiger partial charge in [-0.15, -0.1) is 0 Å². The molecule has 0 radical (unpaired) electrons. The van der Waals surface area contributed by atoms with Gasteiger partial charge in [0, 0.05) is 16.7 Å². The Labute approximate surface area is 113 Å². The highest BCUT2D eigenvalue weighted by molar-refractivity contribution is 6.10. The molecule has 0 saturated heterocycles. The zero-order valence-electron chi connectivity index (χ0n) is 11.1. The molecular weight excluding hydrogens is 238 g/mol. The van der Waals surface area contributed by atoms with Gasteiger partial charge in [0.2, 0.25) is 5.91 Å². The van der Waals surface area contributed by atoms with E-state index in [0.717, 1.165) is 0 Å². The third kappa shape index (κ3) is 3.78. The first kappa shape index (κ1) is 14.6. The van der Waals surface area contributed by atoms with Crippen LogP contribution in [0.4, 0.5) is 0 Å². The topological polar surface area (TPSA) is 60.2 Å². The van der Waals surface area contributed by atoms with Gasteiger partial charge < -0.3 is 5.73 Å². The molecule has 0 fully saturated rings. The summed E-state index contributed by atoms with van der Waals surface area (Å²) in [4.78, 5) is 23.1. The van der Waals surface area contributed by atoms with Gasteiger partial charge in [0.25, 0.3) is 0 Å². The van der Waals surface area contributed by atoms with E-state index in [4.69, 9.17) is 5.73 Å². The number of nitrogens with two attached hydrogens (primary N) is 1. The summed E-state index contributed by atoms with van der Waals surface area (Å²) in [5.41, 5.74) is 6.57. The van der Waals surface area contributed by atoms with Crippen LogP contribution in [-0.4, -0.2) is 11.7 Å². The highest BCUT2D eigenvalue weighted by atomic mass is 16.1. The molecule has 3 nitrogen and oxygen atoms in total. The van der Waals surface area contributed by atoms with Crippen LogP contribution in [0.1, 0.15) is 40.1 Å². The van der Waals surface area contributed by atoms with Gasteiger partial charge >= 0.3 is 0 Å². The molecule has 0 atom stereocenters. The predicted octanol–water partition coefficient (Wildman–Crippen LogP) is 3.04. The fourth-order valence-electron chi connectivity index (χ4n) is 1.57. The lowest BCUT2D eigenvalue weighted by molar-refractivity contribution is 0.1000. The maximum atomic E-state index is 12.1. The van der Waals surface area contributed by atoms with Crippen LogP contribution in [0.2, 0.25) is 0 Å². The maximum Gasteiger partial charge on any atom is 0.248 e. The molecule has 0 bridgehead atoms. The normalized spacial score (nSPS) is 9.16. The summed E-state index contributed by atoms with van der Waals surface area (Å²) in [5.74, 6) is -0.651. The lowest BCUT2D eigenvalue weighted by Crippen LogP contribution is -2.12. The third-order valence-electron chi connectivity index (χ3n) is 2.45. The molecule has 19 heavy (non-hydrogen) atoms. The second-order valence-electron chi connectivity index (χ2n) is 3.64. The molecule has 98 valence electrons. The number of amides is 1. The lowest BCUT2D eigenvalue weighted by Gasteiger charge is -2.02. The van der Waals surface area contributed by atoms with Crippen LogP contribution >= 0.6 is 0 Å². The average Bonchev–Trinajstić information content (AvgIpc) is 2.49. The van der Waals surface area contributed by atoms with E-state index < -0.39 is 5.91 Å². The Bertz CT molecular complexity index is 562. The Hall–Kier alpha value is -2.42. The number of benzene rings is 2. The predicted molar refractivity (Wildman–Crippen MR) is 76.2 cm³/mol. The molecule has 0 unspecified atom stereocenters. The molecule has 0 spiro atoms. The van der Waals surface area contributed by atoms with Crippen molar-refractivity contribution in [2.24, 2.45) is 5.73 Å². The number of carbonyl (C=O) groups is 2. The summed E-state index contributed by atoms with van der Waals surface area (Å²) < 4.78 is 0. The quantitative estimate of drug-likeness (QED) is 0.857. The molecule has 2 aromatic rings. The number of ketones is 1. The number of hydrogen-bond acceptors (Lipinski definition) is 2. The van der Waals surface area contributed by atoms with Crippen molar-refractivity contribution in [1.29, 1.82) is 0 Å². The van der Waals surface area contributed by atoms with E-state index in [9.17, 15) is 9.59 Å². The van der Waals surface area contributed by atoms with Crippen LogP contribution in [0.25, 0.3) is 0 Å². The molecule has 1 amide bonds. The van der Waals surface area contributed by atoms with Gasteiger partial charge in [-0.2, -0.15) is 0 Å². The second-order valence-corrected chi connectivity index (χ2v) is 3.64. The molecule has 2 rings (SSSR count). The Balaban J connectivity index is 0.000000861. The molecule has 0 saturated carbocycles. The van der Waals surface area contributed by atoms with Crippen LogP contribution in [0.15, 0.2) is 54.6 Å². The summed E-state index contributed by atoms with van der Waals surface area (Å²) >= 11 is 0. The minimum atomic E-state index is -0.535. The van der Waals surface area contributed by atoms with Crippen molar-refractivity contribution < 1.29 is 9.59 Å². The Kier molecular flexibility index (Phi) is 5.48. The Morgan fingerprint density at radius 3 is 1.89 bits per heavy atom. The first-order chi connectivity index (χ1) is 9.18. The molecule has 2 N–H and O–H groups in total. The molecule has 0 heterocycles. The van der Waals surface area contributed by atoms with Crippen molar-refractivity contribution in [3.05, 3.63) is 71.3 Å². The Morgan fingerprint density at radius 1 is 0.789 bits per heavy atom. The molecule has 0 aliphatic rings. The molecular formula is C16H17NO2. The fourth-order valence-corrected chi connectivity index (χ4v) is 1.57. The summed E-state index contributed by atoms with van der Waals surface area (Å²) in [6.07, 6.45) is 0. The van der Waals surface area contributed by atoms with E-state index in [-0.39, 0.29) is 5.78 Å². The average molecular weight is 255 g/mol. The smallest absolute Gasteiger partial charge is 0.248 e. The molecule has 0 aromatic heterocycles. The Morgan fingerprint density at radius 2 is 1.32 bits per heavy atom. The zero-order valence-corrected chi connectivity index (χ0v) is 11.1. The van der Waals surface area contributed by atoms with Gasteiger partial charge in [0.15, 0.2) is 5.78 Å². The third-order valence-corrected chi connectivity index (χ3v) is 2.45. The van der Waals surface area contributed by atoms with E-state index in [1.165, 1.54) is 6.07 Å². The van der Waals surface area contributed by atoms with Crippen molar-refractivity contribution in [1.82, 2.24) is 0 Å². The van der Waals surface area contributed by atoms with E-state index in [0.29, 0.717) is 16.7 Å². The van der Waals surface area contributed by atoms with Crippen LogP contribution < -0.4 is 5.73 Å². The molecule has 0 aliphatic heterocycles. The van der Waals surface area contributed by atoms with E-state index in [1.807, 2.05) is 19.9 Å². The van der Waals surface area contributed by atoms with Gasteiger partial charge in [-0.3, -0.25) is 9.59 Å². The van der Waals surface area contributed by atoms with Crippen molar-refractivity contribution in [3.8, 4) is 0 Å². The van der Waals surface area contributed by atoms with E-state index >= 15 is 0 Å². The van der Waals surface area contributed by atoms with Crippen molar-refractivity contribution >= 4 is 11.7 Å². The van der Waals surface area contributed by atoms with Crippen molar-refractivity contribution in [2.45, 2.75) is 13.8 Å². The summed E-state index contributed by atoms with van der Waals surface area (Å²) in [5, 5.41) is 0. The first-order valence-corrected chi connectivity index (χ1v) is 6.18. The van der Waals surface area contributed by atoms with Gasteiger partial charge in [-0.25, -0.2) is 0 Å². The standard InChI is InChI=1S/C14H11NO2.C2H6/c15-14(17)12-8-4-7-11(9-12)13(16)10-5-2-1-3-6-10;1-2/h1-9H,(H2,15,17);1-2H3. The highest BCUT2D eigenvalue weighted by Crippen LogP contribution is 2.11. The van der Waals surface area contributed by atoms with Gasteiger partial charge in [0.1, 0.15) is 0 Å². The molecule has 3 heteroatoms. The van der Waals surface area contributed by atoms with Crippen LogP contribution in [0, 0.1) is 0 Å². The fraction of sp³-hybridized carbons (Fsp3) is 0.125. The van der Waals surface area contributed by atoms with Crippen molar-refractivity contribution in [2.75, 3.05) is 0 Å². The highest BCUT2D eigenvalue weighted by Gasteiger charge is 2.10. The monoisotopic (exact) mass is 255 g/mol. The largest absolute Gasteiger partial charge is 0.366 e.